The molecular formula is C15H17ClN6O2S. The highest BCUT2D eigenvalue weighted by Crippen LogP contribution is 2.21. The second kappa shape index (κ2) is 7.77. The van der Waals surface area contributed by atoms with Gasteiger partial charge in [0.2, 0.25) is 0 Å². The maximum Gasteiger partial charge on any atom is 0.276 e. The fourth-order valence-electron chi connectivity index (χ4n) is 2.69. The van der Waals surface area contributed by atoms with Gasteiger partial charge < -0.3 is 9.80 Å². The maximum atomic E-state index is 11.0. The molecule has 1 aliphatic rings. The Kier molecular flexibility index (Phi) is 5.47. The number of nitrogens with zero attached hydrogens (tertiary/aromatic N) is 5. The molecule has 1 aromatic carbocycles. The zero-order chi connectivity index (χ0) is 17.8. The molecule has 3 rings (SSSR count). The summed E-state index contributed by atoms with van der Waals surface area (Å²) in [5.41, 5.74) is 2.21. The zero-order valence-corrected chi connectivity index (χ0v) is 15.1. The van der Waals surface area contributed by atoms with Crippen molar-refractivity contribution in [1.29, 1.82) is 0 Å². The van der Waals surface area contributed by atoms with Crippen molar-refractivity contribution in [3.8, 4) is 0 Å². The van der Waals surface area contributed by atoms with E-state index in [9.17, 15) is 10.1 Å². The number of hydrazone groups is 1. The van der Waals surface area contributed by atoms with Crippen molar-refractivity contribution in [3.63, 3.8) is 0 Å². The molecular weight excluding hydrogens is 364 g/mol. The van der Waals surface area contributed by atoms with Crippen LogP contribution in [0.25, 0.3) is 0 Å². The van der Waals surface area contributed by atoms with Crippen LogP contribution in [-0.4, -0.2) is 39.1 Å². The van der Waals surface area contributed by atoms with Gasteiger partial charge in [-0.25, -0.2) is 15.1 Å². The number of nitro groups is 1. The van der Waals surface area contributed by atoms with E-state index in [-0.39, 0.29) is 0 Å². The van der Waals surface area contributed by atoms with Gasteiger partial charge in [0.1, 0.15) is 5.10 Å². The van der Waals surface area contributed by atoms with Crippen LogP contribution >= 0.6 is 22.9 Å². The van der Waals surface area contributed by atoms with E-state index < -0.39 is 5.03 Å². The predicted octanol–water partition coefficient (Wildman–Crippen LogP) is 2.48. The summed E-state index contributed by atoms with van der Waals surface area (Å²) in [6, 6.07) is 8.05. The minimum absolute atomic E-state index is 0.328. The molecule has 10 heteroatoms. The van der Waals surface area contributed by atoms with E-state index in [1.165, 1.54) is 11.3 Å². The van der Waals surface area contributed by atoms with Gasteiger partial charge in [0.25, 0.3) is 5.96 Å². The van der Waals surface area contributed by atoms with Gasteiger partial charge in [0.15, 0.2) is 9.50 Å². The van der Waals surface area contributed by atoms with Crippen molar-refractivity contribution in [2.45, 2.75) is 20.0 Å². The number of hydrogen-bond acceptors (Lipinski definition) is 5. The molecule has 0 spiro atoms. The molecule has 0 radical (unpaired) electrons. The number of aromatic nitrogens is 1. The van der Waals surface area contributed by atoms with Gasteiger partial charge in [-0.1, -0.05) is 41.4 Å². The topological polar surface area (TPSA) is 86.9 Å². The molecule has 0 bridgehead atoms. The Bertz CT molecular complexity index is 796. The van der Waals surface area contributed by atoms with Gasteiger partial charge in [-0.15, -0.1) is 11.3 Å². The van der Waals surface area contributed by atoms with Crippen LogP contribution in [-0.2, 0) is 13.1 Å². The standard InChI is InChI=1S/C15H17ClN6O2S/c1-11-3-2-4-12(5-11)7-20-9-17-10-21(15(20)19-22(23)24)8-13-6-18-14(16)25-13/h2-6,17H,7-10H2,1H3. The highest BCUT2D eigenvalue weighted by molar-refractivity contribution is 7.15. The summed E-state index contributed by atoms with van der Waals surface area (Å²) < 4.78 is 0.448. The molecule has 8 nitrogen and oxygen atoms in total. The van der Waals surface area contributed by atoms with E-state index in [2.05, 4.69) is 21.5 Å². The molecule has 0 saturated carbocycles. The summed E-state index contributed by atoms with van der Waals surface area (Å²) in [5.74, 6) is 0.328. The van der Waals surface area contributed by atoms with Crippen LogP contribution in [0.4, 0.5) is 0 Å². The Morgan fingerprint density at radius 3 is 2.80 bits per heavy atom. The lowest BCUT2D eigenvalue weighted by Gasteiger charge is -2.37. The highest BCUT2D eigenvalue weighted by atomic mass is 35.5. The lowest BCUT2D eigenvalue weighted by atomic mass is 10.1. The minimum Gasteiger partial charge on any atom is -0.320 e. The van der Waals surface area contributed by atoms with Crippen LogP contribution in [0.2, 0.25) is 4.47 Å². The van der Waals surface area contributed by atoms with Crippen molar-refractivity contribution in [2.24, 2.45) is 5.10 Å². The van der Waals surface area contributed by atoms with Crippen molar-refractivity contribution in [3.05, 3.63) is 61.0 Å². The van der Waals surface area contributed by atoms with Gasteiger partial charge in [-0.2, -0.15) is 0 Å². The van der Waals surface area contributed by atoms with E-state index >= 15 is 0 Å². The Morgan fingerprint density at radius 2 is 2.16 bits per heavy atom. The summed E-state index contributed by atoms with van der Waals surface area (Å²) in [5, 5.41) is 17.3. The Balaban J connectivity index is 1.82. The minimum atomic E-state index is -0.656. The average molecular weight is 381 g/mol. The van der Waals surface area contributed by atoms with Crippen LogP contribution in [0.15, 0.2) is 35.6 Å². The Labute approximate surface area is 153 Å². The Morgan fingerprint density at radius 1 is 1.40 bits per heavy atom. The summed E-state index contributed by atoms with van der Waals surface area (Å²) in [6.07, 6.45) is 1.68. The third kappa shape index (κ3) is 4.65. The van der Waals surface area contributed by atoms with E-state index in [4.69, 9.17) is 11.6 Å². The number of nitrogens with one attached hydrogen (secondary N) is 1. The van der Waals surface area contributed by atoms with Gasteiger partial charge in [0.05, 0.1) is 19.9 Å². The van der Waals surface area contributed by atoms with Gasteiger partial charge in [-0.05, 0) is 12.5 Å². The molecule has 0 aliphatic carbocycles. The van der Waals surface area contributed by atoms with E-state index in [0.717, 1.165) is 16.0 Å². The third-order valence-electron chi connectivity index (χ3n) is 3.67. The van der Waals surface area contributed by atoms with Crippen LogP contribution in [0.3, 0.4) is 0 Å². The van der Waals surface area contributed by atoms with Crippen LogP contribution < -0.4 is 5.32 Å². The summed E-state index contributed by atoms with van der Waals surface area (Å²) >= 11 is 7.22. The van der Waals surface area contributed by atoms with Crippen LogP contribution in [0.5, 0.6) is 0 Å². The van der Waals surface area contributed by atoms with Crippen LogP contribution in [0.1, 0.15) is 16.0 Å². The summed E-state index contributed by atoms with van der Waals surface area (Å²) in [4.78, 5) is 19.6. The van der Waals surface area contributed by atoms with Gasteiger partial charge in [0, 0.05) is 17.6 Å². The SMILES string of the molecule is Cc1cccc(CN2CNCN(Cc3cnc(Cl)s3)C2=N[N+](=O)[O-])c1. The molecule has 1 saturated heterocycles. The van der Waals surface area contributed by atoms with E-state index in [1.807, 2.05) is 34.9 Å². The smallest absolute Gasteiger partial charge is 0.276 e. The van der Waals surface area contributed by atoms with Crippen molar-refractivity contribution >= 4 is 28.9 Å². The van der Waals surface area contributed by atoms with E-state index in [0.29, 0.717) is 36.9 Å². The molecule has 25 heavy (non-hydrogen) atoms. The lowest BCUT2D eigenvalue weighted by Crippen LogP contribution is -2.56. The second-order valence-corrected chi connectivity index (χ2v) is 7.37. The van der Waals surface area contributed by atoms with Crippen molar-refractivity contribution in [2.75, 3.05) is 13.3 Å². The first-order valence-electron chi connectivity index (χ1n) is 7.60. The molecule has 1 aromatic heterocycles. The molecule has 1 fully saturated rings. The molecule has 2 heterocycles. The van der Waals surface area contributed by atoms with Crippen molar-refractivity contribution in [1.82, 2.24) is 20.1 Å². The molecule has 132 valence electrons. The summed E-state index contributed by atoms with van der Waals surface area (Å²) in [6.45, 7) is 3.95. The number of halogens is 1. The normalized spacial score (nSPS) is 16.5. The molecule has 1 N–H and O–H groups in total. The second-order valence-electron chi connectivity index (χ2n) is 5.67. The first-order valence-corrected chi connectivity index (χ1v) is 8.80. The highest BCUT2D eigenvalue weighted by Gasteiger charge is 2.27. The zero-order valence-electron chi connectivity index (χ0n) is 13.6. The fraction of sp³-hybridized carbons (Fsp3) is 0.333. The molecule has 1 aliphatic heterocycles. The first-order chi connectivity index (χ1) is 12.0. The largest absolute Gasteiger partial charge is 0.320 e. The molecule has 2 aromatic rings. The average Bonchev–Trinajstić information content (AvgIpc) is 2.95. The first kappa shape index (κ1) is 17.6. The molecule has 0 unspecified atom stereocenters. The maximum absolute atomic E-state index is 11.0. The van der Waals surface area contributed by atoms with E-state index in [1.54, 1.807) is 6.20 Å². The van der Waals surface area contributed by atoms with Crippen LogP contribution in [0, 0.1) is 17.0 Å². The number of thiazole rings is 1. The number of aryl methyl sites for hydroxylation is 1. The Hall–Kier alpha value is -2.23. The molecule has 0 amide bonds. The monoisotopic (exact) mass is 380 g/mol. The summed E-state index contributed by atoms with van der Waals surface area (Å²) in [7, 11) is 0. The lowest BCUT2D eigenvalue weighted by molar-refractivity contribution is -0.486. The van der Waals surface area contributed by atoms with Crippen molar-refractivity contribution < 1.29 is 5.03 Å². The quantitative estimate of drug-likeness (QED) is 0.633. The van der Waals surface area contributed by atoms with Gasteiger partial charge in [-0.3, -0.25) is 5.32 Å². The fourth-order valence-corrected chi connectivity index (χ4v) is 3.68. The number of benzene rings is 1. The number of hydrogen-bond donors (Lipinski definition) is 1. The molecule has 0 atom stereocenters. The third-order valence-corrected chi connectivity index (χ3v) is 4.77. The predicted molar refractivity (Wildman–Crippen MR) is 96.7 cm³/mol. The number of guanidine groups is 1. The van der Waals surface area contributed by atoms with Gasteiger partial charge >= 0.3 is 0 Å². The number of rotatable bonds is 5.